The van der Waals surface area contributed by atoms with Gasteiger partial charge in [-0.05, 0) is 83.4 Å². The summed E-state index contributed by atoms with van der Waals surface area (Å²) in [6.07, 6.45) is 2.46. The Bertz CT molecular complexity index is 401. The molecule has 1 aromatic carbocycles. The lowest BCUT2D eigenvalue weighted by Gasteiger charge is -2.35. The number of piperidine rings is 1. The predicted molar refractivity (Wildman–Crippen MR) is 90.2 cm³/mol. The van der Waals surface area contributed by atoms with E-state index in [1.54, 1.807) is 0 Å². The topological polar surface area (TPSA) is 15.3 Å². The highest BCUT2D eigenvalue weighted by Crippen LogP contribution is 2.27. The Hall–Kier alpha value is 0.190. The van der Waals surface area contributed by atoms with Crippen LogP contribution in [0.3, 0.4) is 0 Å². The minimum absolute atomic E-state index is 0.606. The first-order chi connectivity index (χ1) is 8.56. The molecule has 0 spiro atoms. The molecule has 2 nitrogen and oxygen atoms in total. The van der Waals surface area contributed by atoms with Crippen molar-refractivity contribution in [2.45, 2.75) is 38.8 Å². The van der Waals surface area contributed by atoms with E-state index in [2.05, 4.69) is 80.8 Å². The number of hydrogen-bond acceptors (Lipinski definition) is 2. The molecule has 1 fully saturated rings. The number of rotatable bonds is 3. The van der Waals surface area contributed by atoms with Gasteiger partial charge in [0.05, 0.1) is 0 Å². The van der Waals surface area contributed by atoms with Gasteiger partial charge in [0.2, 0.25) is 0 Å². The molecule has 0 unspecified atom stereocenters. The van der Waals surface area contributed by atoms with Crippen LogP contribution >= 0.6 is 38.5 Å². The van der Waals surface area contributed by atoms with Crippen molar-refractivity contribution in [2.24, 2.45) is 0 Å². The third-order valence-electron chi connectivity index (χ3n) is 3.55. The lowest BCUT2D eigenvalue weighted by Crippen LogP contribution is -2.42. The molecule has 1 aromatic rings. The minimum Gasteiger partial charge on any atom is -0.381 e. The first kappa shape index (κ1) is 14.6. The average Bonchev–Trinajstić information content (AvgIpc) is 2.34. The summed E-state index contributed by atoms with van der Waals surface area (Å²) in [4.78, 5) is 2.56. The number of nitrogens with zero attached hydrogens (tertiary/aromatic N) is 1. The molecule has 1 aliphatic heterocycles. The van der Waals surface area contributed by atoms with Crippen LogP contribution in [0.2, 0.25) is 0 Å². The van der Waals surface area contributed by atoms with Crippen LogP contribution in [-0.4, -0.2) is 30.1 Å². The van der Waals surface area contributed by atoms with Gasteiger partial charge in [-0.3, -0.25) is 0 Å². The second-order valence-electron chi connectivity index (χ2n) is 5.17. The summed E-state index contributed by atoms with van der Waals surface area (Å²) < 4.78 is 2.44. The third-order valence-corrected chi connectivity index (χ3v) is 4.91. The summed E-state index contributed by atoms with van der Waals surface area (Å²) in [6, 6.07) is 7.73. The van der Waals surface area contributed by atoms with Gasteiger partial charge in [0.15, 0.2) is 0 Å². The number of anilines is 1. The summed E-state index contributed by atoms with van der Waals surface area (Å²) in [5.74, 6) is 0. The fraction of sp³-hybridized carbons (Fsp3) is 0.571. The van der Waals surface area contributed by atoms with Crippen molar-refractivity contribution >= 4 is 44.2 Å². The van der Waals surface area contributed by atoms with Crippen molar-refractivity contribution in [3.05, 3.63) is 26.2 Å². The molecule has 0 bridgehead atoms. The number of likely N-dealkylation sites (tertiary alicyclic amines) is 1. The first-order valence-electron chi connectivity index (χ1n) is 6.52. The Morgan fingerprint density at radius 3 is 2.61 bits per heavy atom. The number of halogens is 2. The van der Waals surface area contributed by atoms with Gasteiger partial charge in [-0.1, -0.05) is 0 Å². The fourth-order valence-electron chi connectivity index (χ4n) is 2.39. The summed E-state index contributed by atoms with van der Waals surface area (Å²) in [5, 5.41) is 3.67. The van der Waals surface area contributed by atoms with Gasteiger partial charge in [-0.15, -0.1) is 0 Å². The molecule has 0 aliphatic carbocycles. The predicted octanol–water partition coefficient (Wildman–Crippen LogP) is 4.34. The van der Waals surface area contributed by atoms with E-state index in [-0.39, 0.29) is 0 Å². The van der Waals surface area contributed by atoms with Crippen LogP contribution in [0.4, 0.5) is 5.69 Å². The maximum absolute atomic E-state index is 3.67. The second kappa shape index (κ2) is 6.57. The van der Waals surface area contributed by atoms with E-state index in [4.69, 9.17) is 0 Å². The molecule has 18 heavy (non-hydrogen) atoms. The Balaban J connectivity index is 1.93. The van der Waals surface area contributed by atoms with E-state index < -0.39 is 0 Å². The van der Waals surface area contributed by atoms with E-state index in [1.165, 1.54) is 35.2 Å². The number of hydrogen-bond donors (Lipinski definition) is 1. The average molecular weight is 423 g/mol. The summed E-state index contributed by atoms with van der Waals surface area (Å²) in [6.45, 7) is 6.97. The highest BCUT2D eigenvalue weighted by Gasteiger charge is 2.20. The normalized spacial score (nSPS) is 18.3. The second-order valence-corrected chi connectivity index (χ2v) is 7.27. The molecule has 0 amide bonds. The van der Waals surface area contributed by atoms with Crippen LogP contribution in [0, 0.1) is 3.57 Å². The van der Waals surface area contributed by atoms with Crippen molar-refractivity contribution in [1.29, 1.82) is 0 Å². The lowest BCUT2D eigenvalue weighted by atomic mass is 10.0. The van der Waals surface area contributed by atoms with Crippen LogP contribution < -0.4 is 5.32 Å². The molecule has 1 aliphatic rings. The van der Waals surface area contributed by atoms with Crippen molar-refractivity contribution in [3.63, 3.8) is 0 Å². The van der Waals surface area contributed by atoms with Crippen molar-refractivity contribution in [1.82, 2.24) is 4.90 Å². The summed E-state index contributed by atoms with van der Waals surface area (Å²) in [7, 11) is 0. The Morgan fingerprint density at radius 1 is 1.33 bits per heavy atom. The standard InChI is InChI=1S/C14H20BrIN2/c1-10(2)18-7-5-12(6-8-18)17-14-9-11(16)3-4-13(14)15/h3-4,9-10,12,17H,5-8H2,1-2H3. The highest BCUT2D eigenvalue weighted by atomic mass is 127. The summed E-state index contributed by atoms with van der Waals surface area (Å²) in [5.41, 5.74) is 1.23. The van der Waals surface area contributed by atoms with Gasteiger partial charge in [0.1, 0.15) is 0 Å². The Morgan fingerprint density at radius 2 is 2.00 bits per heavy atom. The molecule has 1 saturated heterocycles. The largest absolute Gasteiger partial charge is 0.381 e. The van der Waals surface area contributed by atoms with E-state index >= 15 is 0 Å². The Kier molecular flexibility index (Phi) is 5.33. The number of benzene rings is 1. The van der Waals surface area contributed by atoms with Crippen molar-refractivity contribution in [3.8, 4) is 0 Å². The zero-order valence-corrected chi connectivity index (χ0v) is 14.7. The van der Waals surface area contributed by atoms with Crippen LogP contribution in [0.1, 0.15) is 26.7 Å². The molecule has 2 rings (SSSR count). The summed E-state index contributed by atoms with van der Waals surface area (Å²) >= 11 is 5.98. The van der Waals surface area contributed by atoms with E-state index in [0.29, 0.717) is 12.1 Å². The van der Waals surface area contributed by atoms with Gasteiger partial charge < -0.3 is 10.2 Å². The zero-order valence-electron chi connectivity index (χ0n) is 10.9. The molecule has 0 aromatic heterocycles. The molecule has 1 N–H and O–H groups in total. The van der Waals surface area contributed by atoms with Crippen molar-refractivity contribution < 1.29 is 0 Å². The van der Waals surface area contributed by atoms with Gasteiger partial charge in [0, 0.05) is 38.9 Å². The van der Waals surface area contributed by atoms with Gasteiger partial charge in [-0.25, -0.2) is 0 Å². The molecule has 100 valence electrons. The molecular formula is C14H20BrIN2. The van der Waals surface area contributed by atoms with Crippen LogP contribution in [0.5, 0.6) is 0 Å². The number of nitrogens with one attached hydrogen (secondary N) is 1. The van der Waals surface area contributed by atoms with Gasteiger partial charge >= 0.3 is 0 Å². The van der Waals surface area contributed by atoms with E-state index in [0.717, 1.165) is 4.47 Å². The molecule has 0 radical (unpaired) electrons. The maximum Gasteiger partial charge on any atom is 0.0497 e. The molecule has 0 atom stereocenters. The Labute approximate surface area is 132 Å². The molecular weight excluding hydrogens is 403 g/mol. The van der Waals surface area contributed by atoms with E-state index in [1.807, 2.05) is 0 Å². The van der Waals surface area contributed by atoms with Gasteiger partial charge in [0.25, 0.3) is 0 Å². The molecule has 4 heteroatoms. The lowest BCUT2D eigenvalue weighted by molar-refractivity contribution is 0.177. The van der Waals surface area contributed by atoms with Crippen molar-refractivity contribution in [2.75, 3.05) is 18.4 Å². The zero-order chi connectivity index (χ0) is 13.1. The van der Waals surface area contributed by atoms with Gasteiger partial charge in [-0.2, -0.15) is 0 Å². The first-order valence-corrected chi connectivity index (χ1v) is 8.39. The minimum atomic E-state index is 0.606. The van der Waals surface area contributed by atoms with Crippen LogP contribution in [0.25, 0.3) is 0 Å². The molecule has 1 heterocycles. The molecule has 0 saturated carbocycles. The fourth-order valence-corrected chi connectivity index (χ4v) is 3.24. The third kappa shape index (κ3) is 3.84. The monoisotopic (exact) mass is 422 g/mol. The SMILES string of the molecule is CC(C)N1CCC(Nc2cc(I)ccc2Br)CC1. The smallest absolute Gasteiger partial charge is 0.0497 e. The van der Waals surface area contributed by atoms with E-state index in [9.17, 15) is 0 Å². The quantitative estimate of drug-likeness (QED) is 0.729. The maximum atomic E-state index is 3.67. The highest BCUT2D eigenvalue weighted by molar-refractivity contribution is 14.1. The van der Waals surface area contributed by atoms with Crippen LogP contribution in [-0.2, 0) is 0 Å². The van der Waals surface area contributed by atoms with Crippen LogP contribution in [0.15, 0.2) is 22.7 Å².